The third-order valence-electron chi connectivity index (χ3n) is 3.38. The number of benzene rings is 1. The number of anilines is 1. The van der Waals surface area contributed by atoms with E-state index in [9.17, 15) is 18.0 Å². The molecule has 0 aromatic heterocycles. The van der Waals surface area contributed by atoms with E-state index in [1.54, 1.807) is 19.9 Å². The van der Waals surface area contributed by atoms with E-state index < -0.39 is 27.9 Å². The SMILES string of the molecule is CCC1C(=O)NC(=O)CN1S(=O)(=O)c1ccc(N)cc1C. The number of amides is 2. The smallest absolute Gasteiger partial charge is 0.245 e. The van der Waals surface area contributed by atoms with Gasteiger partial charge in [-0.3, -0.25) is 14.9 Å². The topological polar surface area (TPSA) is 110 Å². The molecule has 1 heterocycles. The molecule has 0 aliphatic carbocycles. The van der Waals surface area contributed by atoms with Crippen molar-refractivity contribution in [1.29, 1.82) is 0 Å². The number of hydrogen-bond donors (Lipinski definition) is 2. The number of nitrogens with zero attached hydrogens (tertiary/aromatic N) is 1. The predicted molar refractivity (Wildman–Crippen MR) is 76.7 cm³/mol. The van der Waals surface area contributed by atoms with Gasteiger partial charge in [-0.25, -0.2) is 8.42 Å². The van der Waals surface area contributed by atoms with Gasteiger partial charge in [0, 0.05) is 5.69 Å². The van der Waals surface area contributed by atoms with Crippen LogP contribution in [0.5, 0.6) is 0 Å². The van der Waals surface area contributed by atoms with Gasteiger partial charge < -0.3 is 5.73 Å². The van der Waals surface area contributed by atoms with Crippen LogP contribution in [0, 0.1) is 6.92 Å². The highest BCUT2D eigenvalue weighted by Gasteiger charge is 2.40. The Morgan fingerprint density at radius 2 is 2.05 bits per heavy atom. The van der Waals surface area contributed by atoms with Crippen molar-refractivity contribution in [3.05, 3.63) is 23.8 Å². The van der Waals surface area contributed by atoms with Gasteiger partial charge in [0.1, 0.15) is 6.04 Å². The van der Waals surface area contributed by atoms with E-state index in [4.69, 9.17) is 5.73 Å². The molecule has 1 unspecified atom stereocenters. The minimum atomic E-state index is -3.94. The summed E-state index contributed by atoms with van der Waals surface area (Å²) in [7, 11) is -3.94. The third kappa shape index (κ3) is 2.77. The average molecular weight is 311 g/mol. The Balaban J connectivity index is 2.50. The highest BCUT2D eigenvalue weighted by molar-refractivity contribution is 7.89. The van der Waals surface area contributed by atoms with Crippen molar-refractivity contribution in [3.63, 3.8) is 0 Å². The van der Waals surface area contributed by atoms with Crippen LogP contribution in [0.15, 0.2) is 23.1 Å². The molecule has 8 heteroatoms. The van der Waals surface area contributed by atoms with Crippen LogP contribution in [-0.2, 0) is 19.6 Å². The maximum absolute atomic E-state index is 12.7. The van der Waals surface area contributed by atoms with Gasteiger partial charge in [0.25, 0.3) is 0 Å². The van der Waals surface area contributed by atoms with Crippen molar-refractivity contribution in [2.75, 3.05) is 12.3 Å². The number of nitrogen functional groups attached to an aromatic ring is 1. The van der Waals surface area contributed by atoms with E-state index in [1.165, 1.54) is 12.1 Å². The zero-order valence-electron chi connectivity index (χ0n) is 11.8. The van der Waals surface area contributed by atoms with Crippen molar-refractivity contribution < 1.29 is 18.0 Å². The molecule has 0 spiro atoms. The van der Waals surface area contributed by atoms with Gasteiger partial charge in [0.2, 0.25) is 21.8 Å². The number of sulfonamides is 1. The first-order chi connectivity index (χ1) is 9.77. The first-order valence-electron chi connectivity index (χ1n) is 6.49. The molecule has 114 valence electrons. The molecule has 0 bridgehead atoms. The second-order valence-corrected chi connectivity index (χ2v) is 6.77. The van der Waals surface area contributed by atoms with E-state index in [1.807, 2.05) is 0 Å². The quantitative estimate of drug-likeness (QED) is 0.603. The van der Waals surface area contributed by atoms with Crippen LogP contribution in [0.1, 0.15) is 18.9 Å². The normalized spacial score (nSPS) is 20.4. The molecule has 1 atom stereocenters. The standard InChI is InChI=1S/C13H17N3O4S/c1-3-10-13(18)15-12(17)7-16(10)21(19,20)11-5-4-9(14)6-8(11)2/h4-6,10H,3,7,14H2,1-2H3,(H,15,17,18). The maximum Gasteiger partial charge on any atom is 0.245 e. The second kappa shape index (κ2) is 5.45. The number of piperazine rings is 1. The van der Waals surface area contributed by atoms with E-state index >= 15 is 0 Å². The fraction of sp³-hybridized carbons (Fsp3) is 0.385. The summed E-state index contributed by atoms with van der Waals surface area (Å²) >= 11 is 0. The number of carbonyl (C=O) groups is 2. The van der Waals surface area contributed by atoms with Crippen LogP contribution in [0.25, 0.3) is 0 Å². The summed E-state index contributed by atoms with van der Waals surface area (Å²) in [6, 6.07) is 3.53. The van der Waals surface area contributed by atoms with Gasteiger partial charge in [-0.15, -0.1) is 0 Å². The summed E-state index contributed by atoms with van der Waals surface area (Å²) in [6.07, 6.45) is 0.284. The molecule has 1 saturated heterocycles. The van der Waals surface area contributed by atoms with Gasteiger partial charge in [-0.05, 0) is 37.1 Å². The molecule has 21 heavy (non-hydrogen) atoms. The summed E-state index contributed by atoms with van der Waals surface area (Å²) in [6.45, 7) is 2.95. The summed E-state index contributed by atoms with van der Waals surface area (Å²) in [5, 5.41) is 2.15. The van der Waals surface area contributed by atoms with Crippen LogP contribution >= 0.6 is 0 Å². The largest absolute Gasteiger partial charge is 0.399 e. The van der Waals surface area contributed by atoms with Crippen molar-refractivity contribution in [1.82, 2.24) is 9.62 Å². The Kier molecular flexibility index (Phi) is 4.02. The van der Waals surface area contributed by atoms with Crippen LogP contribution < -0.4 is 11.1 Å². The number of hydrogen-bond acceptors (Lipinski definition) is 5. The number of carbonyl (C=O) groups excluding carboxylic acids is 2. The van der Waals surface area contributed by atoms with E-state index in [2.05, 4.69) is 5.32 Å². The number of imide groups is 1. The molecule has 2 rings (SSSR count). The van der Waals surface area contributed by atoms with Gasteiger partial charge >= 0.3 is 0 Å². The van der Waals surface area contributed by atoms with Crippen molar-refractivity contribution in [2.45, 2.75) is 31.2 Å². The lowest BCUT2D eigenvalue weighted by Crippen LogP contribution is -2.59. The number of nitrogens with one attached hydrogen (secondary N) is 1. The van der Waals surface area contributed by atoms with Crippen LogP contribution in [0.3, 0.4) is 0 Å². The summed E-state index contributed by atoms with van der Waals surface area (Å²) in [4.78, 5) is 23.4. The molecule has 0 radical (unpaired) electrons. The Hall–Kier alpha value is -1.93. The summed E-state index contributed by atoms with van der Waals surface area (Å²) in [5.74, 6) is -1.22. The number of nitrogens with two attached hydrogens (primary N) is 1. The average Bonchev–Trinajstić information content (AvgIpc) is 2.37. The van der Waals surface area contributed by atoms with Gasteiger partial charge in [0.15, 0.2) is 0 Å². The van der Waals surface area contributed by atoms with Gasteiger partial charge in [-0.1, -0.05) is 6.92 Å². The minimum absolute atomic E-state index is 0.0534. The number of aryl methyl sites for hydroxylation is 1. The molecule has 1 aromatic carbocycles. The fourth-order valence-electron chi connectivity index (χ4n) is 2.37. The second-order valence-electron chi connectivity index (χ2n) is 4.91. The first-order valence-corrected chi connectivity index (χ1v) is 7.93. The minimum Gasteiger partial charge on any atom is -0.399 e. The molecular formula is C13H17N3O4S. The maximum atomic E-state index is 12.7. The molecule has 2 amide bonds. The molecule has 0 saturated carbocycles. The molecule has 3 N–H and O–H groups in total. The van der Waals surface area contributed by atoms with Gasteiger partial charge in [0.05, 0.1) is 11.4 Å². The highest BCUT2D eigenvalue weighted by Crippen LogP contribution is 2.25. The van der Waals surface area contributed by atoms with Crippen LogP contribution in [-0.4, -0.2) is 37.1 Å². The summed E-state index contributed by atoms with van der Waals surface area (Å²) in [5.41, 5.74) is 6.55. The van der Waals surface area contributed by atoms with Crippen molar-refractivity contribution >= 4 is 27.5 Å². The Morgan fingerprint density at radius 3 is 2.62 bits per heavy atom. The Morgan fingerprint density at radius 1 is 1.38 bits per heavy atom. The zero-order chi connectivity index (χ0) is 15.8. The lowest BCUT2D eigenvalue weighted by Gasteiger charge is -2.32. The molecule has 7 nitrogen and oxygen atoms in total. The van der Waals surface area contributed by atoms with E-state index in [-0.39, 0.29) is 17.9 Å². The number of rotatable bonds is 3. The predicted octanol–water partition coefficient (Wildman–Crippen LogP) is 0.00292. The van der Waals surface area contributed by atoms with Crippen LogP contribution in [0.4, 0.5) is 5.69 Å². The molecule has 1 fully saturated rings. The monoisotopic (exact) mass is 311 g/mol. The van der Waals surface area contributed by atoms with Gasteiger partial charge in [-0.2, -0.15) is 4.31 Å². The molecule has 1 aromatic rings. The highest BCUT2D eigenvalue weighted by atomic mass is 32.2. The molecule has 1 aliphatic rings. The van der Waals surface area contributed by atoms with Crippen molar-refractivity contribution in [3.8, 4) is 0 Å². The third-order valence-corrected chi connectivity index (χ3v) is 5.40. The fourth-order valence-corrected chi connectivity index (χ4v) is 4.20. The Bertz CT molecular complexity index is 699. The van der Waals surface area contributed by atoms with E-state index in [0.717, 1.165) is 4.31 Å². The molecule has 1 aliphatic heterocycles. The Labute approximate surface area is 123 Å². The lowest BCUT2D eigenvalue weighted by atomic mass is 10.2. The first kappa shape index (κ1) is 15.5. The zero-order valence-corrected chi connectivity index (χ0v) is 12.6. The summed E-state index contributed by atoms with van der Waals surface area (Å²) < 4.78 is 26.4. The van der Waals surface area contributed by atoms with Crippen LogP contribution in [0.2, 0.25) is 0 Å². The van der Waals surface area contributed by atoms with Crippen molar-refractivity contribution in [2.24, 2.45) is 0 Å². The van der Waals surface area contributed by atoms with E-state index in [0.29, 0.717) is 11.3 Å². The lowest BCUT2D eigenvalue weighted by molar-refractivity contribution is -0.137. The molecular weight excluding hydrogens is 294 g/mol.